The van der Waals surface area contributed by atoms with Gasteiger partial charge >= 0.3 is 0 Å². The van der Waals surface area contributed by atoms with Gasteiger partial charge in [-0.15, -0.1) is 0 Å². The Bertz CT molecular complexity index is 956. The maximum absolute atomic E-state index is 12.0. The van der Waals surface area contributed by atoms with Crippen LogP contribution in [-0.4, -0.2) is 56.7 Å². The van der Waals surface area contributed by atoms with Crippen molar-refractivity contribution in [2.75, 3.05) is 39.6 Å². The van der Waals surface area contributed by atoms with E-state index in [1.165, 1.54) is 0 Å². The fourth-order valence-electron chi connectivity index (χ4n) is 3.15. The molecule has 8 nitrogen and oxygen atoms in total. The van der Waals surface area contributed by atoms with Gasteiger partial charge in [0.05, 0.1) is 34.9 Å². The van der Waals surface area contributed by atoms with Crippen molar-refractivity contribution < 1.29 is 23.7 Å². The third kappa shape index (κ3) is 5.97. The van der Waals surface area contributed by atoms with Crippen LogP contribution >= 0.6 is 31.9 Å². The fourth-order valence-corrected chi connectivity index (χ4v) is 4.61. The van der Waals surface area contributed by atoms with Gasteiger partial charge in [-0.05, 0) is 67.3 Å². The molecule has 1 saturated heterocycles. The average Bonchev–Trinajstić information content (AvgIpc) is 3.22. The number of carbonyl (C=O) groups excluding carboxylic acids is 1. The lowest BCUT2D eigenvalue weighted by atomic mass is 10.2. The number of halogens is 2. The van der Waals surface area contributed by atoms with Crippen LogP contribution in [0.2, 0.25) is 0 Å². The number of nitrogens with zero attached hydrogens (tertiary/aromatic N) is 2. The van der Waals surface area contributed by atoms with Crippen molar-refractivity contribution in [3.05, 3.63) is 50.4 Å². The van der Waals surface area contributed by atoms with Gasteiger partial charge in [-0.1, -0.05) is 6.07 Å². The first-order valence-electron chi connectivity index (χ1n) is 9.71. The molecule has 10 heteroatoms. The van der Waals surface area contributed by atoms with E-state index in [0.29, 0.717) is 32.1 Å². The summed E-state index contributed by atoms with van der Waals surface area (Å²) in [5, 5.41) is 4.06. The molecule has 0 unspecified atom stereocenters. The van der Waals surface area contributed by atoms with Crippen LogP contribution < -0.4 is 19.6 Å². The number of carbonyl (C=O) groups is 1. The number of amides is 1. The maximum Gasteiger partial charge on any atom is 0.254 e. The first-order valence-corrected chi connectivity index (χ1v) is 11.3. The van der Waals surface area contributed by atoms with Crippen LogP contribution in [0.3, 0.4) is 0 Å². The Balaban J connectivity index is 1.32. The molecule has 2 aliphatic heterocycles. The third-order valence-electron chi connectivity index (χ3n) is 4.71. The van der Waals surface area contributed by atoms with Gasteiger partial charge in [-0.2, -0.15) is 5.10 Å². The van der Waals surface area contributed by atoms with Crippen LogP contribution in [0, 0.1) is 0 Å². The van der Waals surface area contributed by atoms with Crippen molar-refractivity contribution in [1.29, 1.82) is 0 Å². The van der Waals surface area contributed by atoms with E-state index in [9.17, 15) is 4.79 Å². The van der Waals surface area contributed by atoms with Gasteiger partial charge in [0.25, 0.3) is 5.91 Å². The number of hydrogen-bond donors (Lipinski definition) is 1. The van der Waals surface area contributed by atoms with Crippen molar-refractivity contribution in [2.45, 2.75) is 6.61 Å². The summed E-state index contributed by atoms with van der Waals surface area (Å²) in [5.74, 6) is 1.99. The van der Waals surface area contributed by atoms with Crippen LogP contribution in [-0.2, 0) is 16.1 Å². The summed E-state index contributed by atoms with van der Waals surface area (Å²) in [7, 11) is 0. The van der Waals surface area contributed by atoms with Gasteiger partial charge in [-0.3, -0.25) is 9.69 Å². The number of nitrogens with one attached hydrogen (secondary N) is 1. The Morgan fingerprint density at radius 2 is 1.87 bits per heavy atom. The Labute approximate surface area is 196 Å². The van der Waals surface area contributed by atoms with E-state index >= 15 is 0 Å². The SMILES string of the molecule is O=C(CN1CCOCC1)N/N=C/c1cc(Br)c(OCc2ccc3c(c2)OCO3)c(Br)c1. The molecular weight excluding hydrogens is 534 g/mol. The highest BCUT2D eigenvalue weighted by Crippen LogP contribution is 2.36. The molecule has 0 spiro atoms. The molecule has 0 atom stereocenters. The molecule has 4 rings (SSSR count). The van der Waals surface area contributed by atoms with Crippen molar-refractivity contribution in [3.8, 4) is 17.2 Å². The third-order valence-corrected chi connectivity index (χ3v) is 5.89. The molecular formula is C21H21Br2N3O5. The van der Waals surface area contributed by atoms with E-state index in [-0.39, 0.29) is 12.7 Å². The quantitative estimate of drug-likeness (QED) is 0.418. The van der Waals surface area contributed by atoms with E-state index in [1.54, 1.807) is 6.21 Å². The smallest absolute Gasteiger partial charge is 0.254 e. The lowest BCUT2D eigenvalue weighted by Crippen LogP contribution is -2.42. The lowest BCUT2D eigenvalue weighted by Gasteiger charge is -2.25. The monoisotopic (exact) mass is 553 g/mol. The minimum atomic E-state index is -0.153. The molecule has 2 aromatic rings. The number of morpholine rings is 1. The van der Waals surface area contributed by atoms with Crippen LogP contribution in [0.5, 0.6) is 17.2 Å². The Morgan fingerprint density at radius 1 is 1.13 bits per heavy atom. The summed E-state index contributed by atoms with van der Waals surface area (Å²) >= 11 is 7.08. The van der Waals surface area contributed by atoms with Gasteiger partial charge in [0.15, 0.2) is 11.5 Å². The minimum absolute atomic E-state index is 0.153. The average molecular weight is 555 g/mol. The van der Waals surface area contributed by atoms with Crippen molar-refractivity contribution in [2.24, 2.45) is 5.10 Å². The van der Waals surface area contributed by atoms with Crippen LogP contribution in [0.4, 0.5) is 0 Å². The van der Waals surface area contributed by atoms with Crippen LogP contribution in [0.1, 0.15) is 11.1 Å². The molecule has 2 aromatic carbocycles. The second-order valence-corrected chi connectivity index (χ2v) is 8.68. The first-order chi connectivity index (χ1) is 15.1. The Kier molecular flexibility index (Phi) is 7.44. The van der Waals surface area contributed by atoms with Gasteiger partial charge in [0.2, 0.25) is 6.79 Å². The number of hydrogen-bond acceptors (Lipinski definition) is 7. The van der Waals surface area contributed by atoms with Gasteiger partial charge in [0.1, 0.15) is 12.4 Å². The molecule has 2 heterocycles. The fraction of sp³-hybridized carbons (Fsp3) is 0.333. The molecule has 0 aliphatic carbocycles. The van der Waals surface area contributed by atoms with Crippen molar-refractivity contribution >= 4 is 44.0 Å². The Hall–Kier alpha value is -2.14. The second-order valence-electron chi connectivity index (χ2n) is 6.97. The largest absolute Gasteiger partial charge is 0.487 e. The number of benzene rings is 2. The highest BCUT2D eigenvalue weighted by molar-refractivity contribution is 9.11. The minimum Gasteiger partial charge on any atom is -0.487 e. The van der Waals surface area contributed by atoms with Crippen LogP contribution in [0.15, 0.2) is 44.4 Å². The Morgan fingerprint density at radius 3 is 2.65 bits per heavy atom. The zero-order valence-corrected chi connectivity index (χ0v) is 19.8. The zero-order chi connectivity index (χ0) is 21.6. The predicted molar refractivity (Wildman–Crippen MR) is 122 cm³/mol. The van der Waals surface area contributed by atoms with Crippen molar-refractivity contribution in [3.63, 3.8) is 0 Å². The number of hydrazone groups is 1. The second kappa shape index (κ2) is 10.4. The summed E-state index contributed by atoms with van der Waals surface area (Å²) in [6, 6.07) is 9.47. The van der Waals surface area contributed by atoms with Crippen LogP contribution in [0.25, 0.3) is 0 Å². The summed E-state index contributed by atoms with van der Waals surface area (Å²) in [6.45, 7) is 3.74. The first kappa shape index (κ1) is 22.1. The highest BCUT2D eigenvalue weighted by atomic mass is 79.9. The van der Waals surface area contributed by atoms with Gasteiger partial charge in [-0.25, -0.2) is 5.43 Å². The lowest BCUT2D eigenvalue weighted by molar-refractivity contribution is -0.123. The summed E-state index contributed by atoms with van der Waals surface area (Å²) in [6.07, 6.45) is 1.59. The van der Waals surface area contributed by atoms with E-state index in [0.717, 1.165) is 44.7 Å². The molecule has 0 radical (unpaired) electrons. The molecule has 31 heavy (non-hydrogen) atoms. The number of rotatable bonds is 7. The van der Waals surface area contributed by atoms with E-state index in [1.807, 2.05) is 35.2 Å². The normalized spacial score (nSPS) is 15.9. The maximum atomic E-state index is 12.0. The zero-order valence-electron chi connectivity index (χ0n) is 16.6. The van der Waals surface area contributed by atoms with E-state index in [2.05, 4.69) is 42.4 Å². The molecule has 164 valence electrons. The van der Waals surface area contributed by atoms with E-state index < -0.39 is 0 Å². The van der Waals surface area contributed by atoms with Gasteiger partial charge < -0.3 is 18.9 Å². The molecule has 0 saturated carbocycles. The molecule has 0 aromatic heterocycles. The summed E-state index contributed by atoms with van der Waals surface area (Å²) in [4.78, 5) is 14.1. The number of fused-ring (bicyclic) bond motifs is 1. The molecule has 2 aliphatic rings. The predicted octanol–water partition coefficient (Wildman–Crippen LogP) is 3.30. The summed E-state index contributed by atoms with van der Waals surface area (Å²) < 4.78 is 23.5. The molecule has 0 bridgehead atoms. The molecule has 1 amide bonds. The highest BCUT2D eigenvalue weighted by Gasteiger charge is 2.15. The summed E-state index contributed by atoms with van der Waals surface area (Å²) in [5.41, 5.74) is 4.34. The van der Waals surface area contributed by atoms with Crippen molar-refractivity contribution in [1.82, 2.24) is 10.3 Å². The molecule has 1 fully saturated rings. The van der Waals surface area contributed by atoms with E-state index in [4.69, 9.17) is 18.9 Å². The van der Waals surface area contributed by atoms with Gasteiger partial charge in [0, 0.05) is 13.1 Å². The standard InChI is InChI=1S/C21H21Br2N3O5/c22-16-7-15(10-24-25-20(27)11-26-3-5-28-6-4-26)8-17(23)21(16)29-12-14-1-2-18-19(9-14)31-13-30-18/h1-2,7-10H,3-6,11-13H2,(H,25,27)/b24-10+. The topological polar surface area (TPSA) is 81.6 Å². The number of ether oxygens (including phenoxy) is 4. The molecule has 1 N–H and O–H groups in total.